The number of carbonyl (C=O) groups excluding carboxylic acids is 1. The van der Waals surface area contributed by atoms with Crippen molar-refractivity contribution < 1.29 is 4.79 Å². The Labute approximate surface area is 118 Å². The fourth-order valence-electron chi connectivity index (χ4n) is 2.68. The van der Waals surface area contributed by atoms with Gasteiger partial charge in [0.25, 0.3) is 5.91 Å². The minimum absolute atomic E-state index is 0.0127. The molecule has 3 N–H and O–H groups in total. The minimum atomic E-state index is -0.0127. The van der Waals surface area contributed by atoms with Crippen molar-refractivity contribution in [3.05, 3.63) is 30.0 Å². The fraction of sp³-hybridized carbons (Fsp3) is 0.467. The average molecular weight is 272 g/mol. The van der Waals surface area contributed by atoms with Crippen molar-refractivity contribution in [3.63, 3.8) is 0 Å². The van der Waals surface area contributed by atoms with Gasteiger partial charge in [-0.05, 0) is 43.5 Å². The topological polar surface area (TPSA) is 69.8 Å². The molecule has 5 heteroatoms. The Balaban J connectivity index is 1.66. The van der Waals surface area contributed by atoms with Crippen LogP contribution in [0.2, 0.25) is 0 Å². The number of amides is 1. The number of benzene rings is 1. The highest BCUT2D eigenvalue weighted by Crippen LogP contribution is 2.26. The average Bonchev–Trinajstić information content (AvgIpc) is 2.93. The van der Waals surface area contributed by atoms with E-state index in [1.807, 2.05) is 18.2 Å². The quantitative estimate of drug-likeness (QED) is 0.796. The van der Waals surface area contributed by atoms with Crippen LogP contribution < -0.4 is 10.6 Å². The zero-order valence-electron chi connectivity index (χ0n) is 11.7. The molecule has 1 aromatic carbocycles. The number of hydrogen-bond acceptors (Lipinski definition) is 3. The molecule has 1 saturated heterocycles. The summed E-state index contributed by atoms with van der Waals surface area (Å²) in [6.45, 7) is 5.04. The second kappa shape index (κ2) is 5.25. The van der Waals surface area contributed by atoms with Gasteiger partial charge >= 0.3 is 0 Å². The molecule has 106 valence electrons. The van der Waals surface area contributed by atoms with Gasteiger partial charge < -0.3 is 10.6 Å². The molecule has 5 nitrogen and oxygen atoms in total. The normalized spacial score (nSPS) is 18.1. The Morgan fingerprint density at radius 3 is 3.00 bits per heavy atom. The summed E-state index contributed by atoms with van der Waals surface area (Å²) in [6, 6.07) is 5.61. The first-order valence-electron chi connectivity index (χ1n) is 7.08. The number of fused-ring (bicyclic) bond motifs is 1. The van der Waals surface area contributed by atoms with E-state index in [4.69, 9.17) is 0 Å². The first-order chi connectivity index (χ1) is 9.66. The van der Waals surface area contributed by atoms with Gasteiger partial charge in [-0.2, -0.15) is 5.10 Å². The van der Waals surface area contributed by atoms with Crippen molar-refractivity contribution >= 4 is 16.8 Å². The molecular formula is C15H20N4O. The van der Waals surface area contributed by atoms with Crippen molar-refractivity contribution in [2.75, 3.05) is 19.6 Å². The van der Waals surface area contributed by atoms with Crippen molar-refractivity contribution in [3.8, 4) is 0 Å². The highest BCUT2D eigenvalue weighted by atomic mass is 16.1. The Bertz CT molecular complexity index is 613. The van der Waals surface area contributed by atoms with Crippen LogP contribution in [-0.2, 0) is 0 Å². The molecule has 1 fully saturated rings. The lowest BCUT2D eigenvalue weighted by atomic mass is 9.81. The van der Waals surface area contributed by atoms with Gasteiger partial charge in [0.2, 0.25) is 0 Å². The van der Waals surface area contributed by atoms with Gasteiger partial charge in [0.15, 0.2) is 0 Å². The third-order valence-electron chi connectivity index (χ3n) is 4.19. The van der Waals surface area contributed by atoms with Crippen LogP contribution in [0.1, 0.15) is 30.1 Å². The number of rotatable bonds is 3. The smallest absolute Gasteiger partial charge is 0.251 e. The first-order valence-corrected chi connectivity index (χ1v) is 7.08. The van der Waals surface area contributed by atoms with Gasteiger partial charge in [0.05, 0.1) is 11.7 Å². The lowest BCUT2D eigenvalue weighted by molar-refractivity contribution is 0.0922. The lowest BCUT2D eigenvalue weighted by Gasteiger charge is -2.34. The maximum Gasteiger partial charge on any atom is 0.251 e. The summed E-state index contributed by atoms with van der Waals surface area (Å²) < 4.78 is 0. The number of aromatic amines is 1. The molecule has 1 amide bonds. The van der Waals surface area contributed by atoms with Crippen molar-refractivity contribution in [1.82, 2.24) is 20.8 Å². The predicted octanol–water partition coefficient (Wildman–Crippen LogP) is 1.68. The first kappa shape index (κ1) is 13.1. The minimum Gasteiger partial charge on any atom is -0.351 e. The van der Waals surface area contributed by atoms with Crippen molar-refractivity contribution in [2.24, 2.45) is 5.41 Å². The molecule has 0 saturated carbocycles. The number of aromatic nitrogens is 2. The number of carbonyl (C=O) groups is 1. The van der Waals surface area contributed by atoms with E-state index >= 15 is 0 Å². The molecule has 20 heavy (non-hydrogen) atoms. The van der Waals surface area contributed by atoms with Crippen molar-refractivity contribution in [2.45, 2.75) is 19.8 Å². The third kappa shape index (κ3) is 2.67. The number of nitrogens with one attached hydrogen (secondary N) is 3. The molecule has 1 aliphatic rings. The maximum absolute atomic E-state index is 12.2. The summed E-state index contributed by atoms with van der Waals surface area (Å²) in [5.74, 6) is -0.0127. The standard InChI is InChI=1S/C15H20N4O/c1-15(4-6-16-7-5-15)10-17-14(20)11-2-3-12-9-18-19-13(12)8-11/h2-3,8-9,16H,4-7,10H2,1H3,(H,17,20)(H,18,19). The number of H-pyrrole nitrogens is 1. The van der Waals surface area contributed by atoms with E-state index in [-0.39, 0.29) is 11.3 Å². The molecule has 1 aromatic heterocycles. The van der Waals surface area contributed by atoms with E-state index in [9.17, 15) is 4.79 Å². The summed E-state index contributed by atoms with van der Waals surface area (Å²) in [5, 5.41) is 14.3. The van der Waals surface area contributed by atoms with Crippen LogP contribution in [-0.4, -0.2) is 35.7 Å². The predicted molar refractivity (Wildman–Crippen MR) is 78.6 cm³/mol. The highest BCUT2D eigenvalue weighted by molar-refractivity contribution is 5.97. The number of nitrogens with zero attached hydrogens (tertiary/aromatic N) is 1. The third-order valence-corrected chi connectivity index (χ3v) is 4.19. The Morgan fingerprint density at radius 2 is 2.20 bits per heavy atom. The van der Waals surface area contributed by atoms with Gasteiger partial charge in [0.1, 0.15) is 0 Å². The van der Waals surface area contributed by atoms with Gasteiger partial charge in [0, 0.05) is 17.5 Å². The van der Waals surface area contributed by atoms with E-state index in [2.05, 4.69) is 27.8 Å². The Hall–Kier alpha value is -1.88. The SMILES string of the molecule is CC1(CNC(=O)c2ccc3cn[nH]c3c2)CCNCC1. The van der Waals surface area contributed by atoms with Crippen molar-refractivity contribution in [1.29, 1.82) is 0 Å². The molecule has 1 aliphatic heterocycles. The van der Waals surface area contributed by atoms with Gasteiger partial charge in [-0.25, -0.2) is 0 Å². The number of hydrogen-bond donors (Lipinski definition) is 3. The van der Waals surface area contributed by atoms with Crippen LogP contribution in [0.4, 0.5) is 0 Å². The van der Waals surface area contributed by atoms with E-state index in [1.165, 1.54) is 0 Å². The Morgan fingerprint density at radius 1 is 1.40 bits per heavy atom. The molecule has 0 unspecified atom stereocenters. The molecule has 0 radical (unpaired) electrons. The van der Waals surface area contributed by atoms with Gasteiger partial charge in [-0.3, -0.25) is 9.89 Å². The number of piperidine rings is 1. The monoisotopic (exact) mass is 272 g/mol. The second-order valence-electron chi connectivity index (χ2n) is 5.92. The highest BCUT2D eigenvalue weighted by Gasteiger charge is 2.27. The van der Waals surface area contributed by atoms with Crippen LogP contribution in [0.5, 0.6) is 0 Å². The molecular weight excluding hydrogens is 252 g/mol. The molecule has 0 atom stereocenters. The van der Waals surface area contributed by atoms with Crippen LogP contribution in [0.3, 0.4) is 0 Å². The largest absolute Gasteiger partial charge is 0.351 e. The lowest BCUT2D eigenvalue weighted by Crippen LogP contribution is -2.42. The molecule has 0 aliphatic carbocycles. The van der Waals surface area contributed by atoms with E-state index in [0.29, 0.717) is 5.56 Å². The second-order valence-corrected chi connectivity index (χ2v) is 5.92. The van der Waals surface area contributed by atoms with Crippen LogP contribution in [0.25, 0.3) is 10.9 Å². The summed E-state index contributed by atoms with van der Waals surface area (Å²) in [7, 11) is 0. The van der Waals surface area contributed by atoms with Gasteiger partial charge in [-0.1, -0.05) is 13.0 Å². The van der Waals surface area contributed by atoms with Crippen LogP contribution >= 0.6 is 0 Å². The molecule has 2 aromatic rings. The summed E-state index contributed by atoms with van der Waals surface area (Å²) in [5.41, 5.74) is 1.78. The summed E-state index contributed by atoms with van der Waals surface area (Å²) in [6.07, 6.45) is 3.97. The van der Waals surface area contributed by atoms with Crippen LogP contribution in [0.15, 0.2) is 24.4 Å². The molecule has 2 heterocycles. The zero-order valence-corrected chi connectivity index (χ0v) is 11.7. The Kier molecular flexibility index (Phi) is 3.44. The summed E-state index contributed by atoms with van der Waals surface area (Å²) >= 11 is 0. The van der Waals surface area contributed by atoms with E-state index in [0.717, 1.165) is 43.4 Å². The fourth-order valence-corrected chi connectivity index (χ4v) is 2.68. The van der Waals surface area contributed by atoms with E-state index < -0.39 is 0 Å². The molecule has 3 rings (SSSR count). The van der Waals surface area contributed by atoms with Crippen LogP contribution in [0, 0.1) is 5.41 Å². The summed E-state index contributed by atoms with van der Waals surface area (Å²) in [4.78, 5) is 12.2. The molecule has 0 bridgehead atoms. The maximum atomic E-state index is 12.2. The van der Waals surface area contributed by atoms with Gasteiger partial charge in [-0.15, -0.1) is 0 Å². The van der Waals surface area contributed by atoms with E-state index in [1.54, 1.807) is 6.20 Å². The molecule has 0 spiro atoms. The zero-order chi connectivity index (χ0) is 14.0.